The first kappa shape index (κ1) is 13.7. The molecule has 2 aromatic rings. The van der Waals surface area contributed by atoms with Crippen LogP contribution in [0, 0.1) is 0 Å². The summed E-state index contributed by atoms with van der Waals surface area (Å²) < 4.78 is 2.02. The fraction of sp³-hybridized carbons (Fsp3) is 0.375. The predicted octanol–water partition coefficient (Wildman–Crippen LogP) is 2.81. The number of fused-ring (bicyclic) bond motifs is 3. The highest BCUT2D eigenvalue weighted by Gasteiger charge is 2.25. The minimum Gasteiger partial charge on any atom is -0.478 e. The Morgan fingerprint density at radius 2 is 2.24 bits per heavy atom. The third-order valence-electron chi connectivity index (χ3n) is 4.07. The Hall–Kier alpha value is -2.30. The van der Waals surface area contributed by atoms with Crippen molar-refractivity contribution in [3.05, 3.63) is 35.5 Å². The summed E-state index contributed by atoms with van der Waals surface area (Å²) in [5.41, 5.74) is 1.71. The van der Waals surface area contributed by atoms with E-state index < -0.39 is 5.97 Å². The van der Waals surface area contributed by atoms with Gasteiger partial charge in [-0.15, -0.1) is 0 Å². The van der Waals surface area contributed by atoms with Crippen molar-refractivity contribution >= 4 is 22.8 Å². The molecule has 5 heteroatoms. The van der Waals surface area contributed by atoms with Gasteiger partial charge in [0.2, 0.25) is 0 Å². The van der Waals surface area contributed by atoms with Crippen LogP contribution in [0.1, 0.15) is 53.1 Å². The van der Waals surface area contributed by atoms with Gasteiger partial charge in [0.1, 0.15) is 5.69 Å². The smallest absolute Gasteiger partial charge is 0.335 e. The van der Waals surface area contributed by atoms with Gasteiger partial charge in [0.25, 0.3) is 5.91 Å². The van der Waals surface area contributed by atoms with Crippen LogP contribution in [0.3, 0.4) is 0 Å². The summed E-state index contributed by atoms with van der Waals surface area (Å²) >= 11 is 0. The molecule has 0 bridgehead atoms. The number of hydrogen-bond donors (Lipinski definition) is 2. The van der Waals surface area contributed by atoms with Gasteiger partial charge in [-0.25, -0.2) is 4.79 Å². The van der Waals surface area contributed by atoms with Gasteiger partial charge >= 0.3 is 5.97 Å². The minimum absolute atomic E-state index is 0.0818. The van der Waals surface area contributed by atoms with Crippen molar-refractivity contribution in [3.63, 3.8) is 0 Å². The Bertz CT molecular complexity index is 718. The summed E-state index contributed by atoms with van der Waals surface area (Å²) in [6.45, 7) is 2.78. The number of hydrogen-bond acceptors (Lipinski definition) is 2. The molecule has 110 valence electrons. The second-order valence-corrected chi connectivity index (χ2v) is 5.47. The van der Waals surface area contributed by atoms with Crippen LogP contribution < -0.4 is 5.32 Å². The summed E-state index contributed by atoms with van der Waals surface area (Å²) in [5.74, 6) is -1.03. The molecule has 1 atom stereocenters. The number of aromatic carboxylic acids is 1. The lowest BCUT2D eigenvalue weighted by Gasteiger charge is -2.19. The van der Waals surface area contributed by atoms with Gasteiger partial charge < -0.3 is 15.0 Å². The van der Waals surface area contributed by atoms with E-state index in [0.29, 0.717) is 12.2 Å². The maximum atomic E-state index is 12.2. The molecule has 21 heavy (non-hydrogen) atoms. The van der Waals surface area contributed by atoms with E-state index in [1.807, 2.05) is 10.6 Å². The number of carbonyl (C=O) groups excluding carboxylic acids is 1. The highest BCUT2D eigenvalue weighted by Crippen LogP contribution is 2.30. The molecule has 3 rings (SSSR count). The molecule has 2 heterocycles. The van der Waals surface area contributed by atoms with Crippen LogP contribution >= 0.6 is 0 Å². The fourth-order valence-electron chi connectivity index (χ4n) is 3.10. The normalized spacial score (nSPS) is 18.1. The standard InChI is InChI=1S/C16H18N2O3/c1-2-3-12-6-7-17-15(19)14-8-10-4-5-11(16(20)21)9-13(10)18(12)14/h4-5,8-9,12H,2-3,6-7H2,1H3,(H,17,19)(H,20,21)/t12-/m1/s1. The van der Waals surface area contributed by atoms with Crippen molar-refractivity contribution in [2.45, 2.75) is 32.2 Å². The monoisotopic (exact) mass is 286 g/mol. The molecule has 0 unspecified atom stereocenters. The van der Waals surface area contributed by atoms with Gasteiger partial charge in [0.15, 0.2) is 0 Å². The molecule has 0 aliphatic carbocycles. The number of benzene rings is 1. The predicted molar refractivity (Wildman–Crippen MR) is 79.8 cm³/mol. The van der Waals surface area contributed by atoms with Crippen LogP contribution in [0.15, 0.2) is 24.3 Å². The van der Waals surface area contributed by atoms with Crippen molar-refractivity contribution in [1.29, 1.82) is 0 Å². The van der Waals surface area contributed by atoms with Crippen LogP contribution in [0.5, 0.6) is 0 Å². The second-order valence-electron chi connectivity index (χ2n) is 5.47. The number of amides is 1. The number of carbonyl (C=O) groups is 2. The van der Waals surface area contributed by atoms with Gasteiger partial charge in [0.05, 0.1) is 5.56 Å². The van der Waals surface area contributed by atoms with E-state index in [2.05, 4.69) is 12.2 Å². The third-order valence-corrected chi connectivity index (χ3v) is 4.07. The van der Waals surface area contributed by atoms with Crippen molar-refractivity contribution in [2.75, 3.05) is 6.54 Å². The van der Waals surface area contributed by atoms with Gasteiger partial charge in [-0.05, 0) is 31.0 Å². The number of carboxylic acid groups (broad SMARTS) is 1. The highest BCUT2D eigenvalue weighted by molar-refractivity contribution is 6.01. The molecule has 1 amide bonds. The topological polar surface area (TPSA) is 71.3 Å². The van der Waals surface area contributed by atoms with Crippen LogP contribution in [0.4, 0.5) is 0 Å². The molecule has 0 fully saturated rings. The van der Waals surface area contributed by atoms with Gasteiger partial charge in [0, 0.05) is 23.5 Å². The first-order valence-corrected chi connectivity index (χ1v) is 7.28. The van der Waals surface area contributed by atoms with Gasteiger partial charge in [-0.2, -0.15) is 0 Å². The average Bonchev–Trinajstić information content (AvgIpc) is 2.77. The Morgan fingerprint density at radius 3 is 2.95 bits per heavy atom. The Labute approximate surface area is 122 Å². The van der Waals surface area contributed by atoms with Gasteiger partial charge in [-0.1, -0.05) is 19.4 Å². The van der Waals surface area contributed by atoms with Gasteiger partial charge in [-0.3, -0.25) is 4.79 Å². The number of nitrogens with one attached hydrogen (secondary N) is 1. The number of nitrogens with zero attached hydrogens (tertiary/aromatic N) is 1. The molecule has 0 spiro atoms. The number of rotatable bonds is 3. The molecular weight excluding hydrogens is 268 g/mol. The summed E-state index contributed by atoms with van der Waals surface area (Å²) in [6, 6.07) is 7.10. The molecule has 1 aromatic carbocycles. The van der Waals surface area contributed by atoms with E-state index in [1.54, 1.807) is 18.2 Å². The lowest BCUT2D eigenvalue weighted by Crippen LogP contribution is -2.22. The van der Waals surface area contributed by atoms with Crippen LogP contribution in [0.25, 0.3) is 10.9 Å². The van der Waals surface area contributed by atoms with Crippen molar-refractivity contribution in [3.8, 4) is 0 Å². The van der Waals surface area contributed by atoms with E-state index in [9.17, 15) is 14.7 Å². The second kappa shape index (κ2) is 5.24. The summed E-state index contributed by atoms with van der Waals surface area (Å²) in [4.78, 5) is 23.4. The molecule has 1 aliphatic rings. The third kappa shape index (κ3) is 2.28. The maximum absolute atomic E-state index is 12.2. The molecule has 1 aliphatic heterocycles. The lowest BCUT2D eigenvalue weighted by molar-refractivity contribution is 0.0696. The average molecular weight is 286 g/mol. The summed E-state index contributed by atoms with van der Waals surface area (Å²) in [5, 5.41) is 13.0. The number of aromatic nitrogens is 1. The molecule has 1 aromatic heterocycles. The quantitative estimate of drug-likeness (QED) is 0.911. The Kier molecular flexibility index (Phi) is 3.41. The minimum atomic E-state index is -0.947. The zero-order valence-corrected chi connectivity index (χ0v) is 11.9. The van der Waals surface area contributed by atoms with Crippen LogP contribution in [0.2, 0.25) is 0 Å². The van der Waals surface area contributed by atoms with Crippen LogP contribution in [-0.4, -0.2) is 28.1 Å². The summed E-state index contributed by atoms with van der Waals surface area (Å²) in [6.07, 6.45) is 2.87. The first-order chi connectivity index (χ1) is 10.1. The van der Waals surface area contributed by atoms with E-state index in [4.69, 9.17) is 0 Å². The van der Waals surface area contributed by atoms with E-state index in [-0.39, 0.29) is 17.5 Å². The van der Waals surface area contributed by atoms with Crippen LogP contribution in [-0.2, 0) is 0 Å². The first-order valence-electron chi connectivity index (χ1n) is 7.28. The molecular formula is C16H18N2O3. The fourth-order valence-corrected chi connectivity index (χ4v) is 3.10. The molecule has 0 saturated carbocycles. The molecule has 5 nitrogen and oxygen atoms in total. The van der Waals surface area contributed by atoms with E-state index >= 15 is 0 Å². The molecule has 2 N–H and O–H groups in total. The Balaban J connectivity index is 2.24. The lowest BCUT2D eigenvalue weighted by atomic mass is 10.1. The zero-order valence-electron chi connectivity index (χ0n) is 11.9. The summed E-state index contributed by atoms with van der Waals surface area (Å²) in [7, 11) is 0. The SMILES string of the molecule is CCC[C@@H]1CCNC(=O)c2cc3ccc(C(=O)O)cc3n21. The molecule has 0 radical (unpaired) electrons. The molecule has 0 saturated heterocycles. The number of carboxylic acids is 1. The highest BCUT2D eigenvalue weighted by atomic mass is 16.4. The van der Waals surface area contributed by atoms with Crippen molar-refractivity contribution in [2.24, 2.45) is 0 Å². The van der Waals surface area contributed by atoms with Crippen molar-refractivity contribution < 1.29 is 14.7 Å². The van der Waals surface area contributed by atoms with E-state index in [1.165, 1.54) is 0 Å². The van der Waals surface area contributed by atoms with Crippen molar-refractivity contribution in [1.82, 2.24) is 9.88 Å². The zero-order chi connectivity index (χ0) is 15.0. The maximum Gasteiger partial charge on any atom is 0.335 e. The largest absolute Gasteiger partial charge is 0.478 e. The Morgan fingerprint density at radius 1 is 1.43 bits per heavy atom. The van der Waals surface area contributed by atoms with E-state index in [0.717, 1.165) is 30.2 Å².